The first kappa shape index (κ1) is 22.2. The van der Waals surface area contributed by atoms with Crippen LogP contribution >= 0.6 is 0 Å². The molecule has 0 spiro atoms. The molecule has 3 aromatic rings. The van der Waals surface area contributed by atoms with Gasteiger partial charge < -0.3 is 19.1 Å². The van der Waals surface area contributed by atoms with Crippen molar-refractivity contribution < 1.29 is 28.2 Å². The average molecular weight is 468 g/mol. The van der Waals surface area contributed by atoms with E-state index >= 15 is 0 Å². The number of aliphatic hydroxyl groups is 1. The number of halogens is 2. The third-order valence-corrected chi connectivity index (χ3v) is 6.34. The molecule has 1 saturated carbocycles. The molecule has 176 valence electrons. The number of fused-ring (bicyclic) bond motifs is 1. The van der Waals surface area contributed by atoms with E-state index < -0.39 is 11.7 Å². The summed E-state index contributed by atoms with van der Waals surface area (Å²) >= 11 is 0. The molecule has 0 unspecified atom stereocenters. The number of aliphatic hydroxyl groups excluding tert-OH is 1. The van der Waals surface area contributed by atoms with Crippen molar-refractivity contribution in [3.8, 4) is 22.8 Å². The fraction of sp³-hybridized carbons (Fsp3) is 0.320. The molecular formula is C25H22F2N2O5. The lowest BCUT2D eigenvalue weighted by Gasteiger charge is -2.16. The van der Waals surface area contributed by atoms with Gasteiger partial charge in [0.15, 0.2) is 11.5 Å². The second kappa shape index (κ2) is 8.02. The van der Waals surface area contributed by atoms with Crippen LogP contribution in [0.5, 0.6) is 11.5 Å². The third-order valence-electron chi connectivity index (χ3n) is 6.34. The van der Waals surface area contributed by atoms with Crippen LogP contribution in [0.3, 0.4) is 0 Å². The highest BCUT2D eigenvalue weighted by Crippen LogP contribution is 2.52. The second-order valence-corrected chi connectivity index (χ2v) is 8.65. The maximum Gasteiger partial charge on any atom is 0.586 e. The molecule has 0 saturated heterocycles. The number of carbonyl (C=O) groups excluding carboxylic acids is 1. The number of rotatable bonds is 7. The van der Waals surface area contributed by atoms with Gasteiger partial charge in [0.25, 0.3) is 5.56 Å². The van der Waals surface area contributed by atoms with Crippen molar-refractivity contribution in [3.63, 3.8) is 0 Å². The van der Waals surface area contributed by atoms with E-state index in [1.165, 1.54) is 22.8 Å². The molecule has 0 radical (unpaired) electrons. The van der Waals surface area contributed by atoms with Crippen LogP contribution in [0.1, 0.15) is 29.7 Å². The highest BCUT2D eigenvalue weighted by Gasteiger charge is 2.52. The predicted octanol–water partition coefficient (Wildman–Crippen LogP) is 3.38. The molecule has 1 N–H and O–H groups in total. The SMILES string of the molecule is Cc1ccc(CC(=O)C2(c3ccc4c(c3)OC(F)(F)O4)CC2)nc1-c1ccn(CCO)c(=O)c1. The molecule has 34 heavy (non-hydrogen) atoms. The molecule has 0 bridgehead atoms. The van der Waals surface area contributed by atoms with Gasteiger partial charge in [-0.25, -0.2) is 0 Å². The predicted molar refractivity (Wildman–Crippen MR) is 118 cm³/mol. The van der Waals surface area contributed by atoms with Crippen molar-refractivity contribution in [2.75, 3.05) is 6.61 Å². The van der Waals surface area contributed by atoms with Gasteiger partial charge in [-0.1, -0.05) is 12.1 Å². The van der Waals surface area contributed by atoms with Crippen LogP contribution in [0, 0.1) is 6.92 Å². The lowest BCUT2D eigenvalue weighted by molar-refractivity contribution is -0.286. The van der Waals surface area contributed by atoms with Crippen molar-refractivity contribution in [2.24, 2.45) is 0 Å². The van der Waals surface area contributed by atoms with Gasteiger partial charge in [-0.15, -0.1) is 8.78 Å². The molecular weight excluding hydrogens is 446 g/mol. The first-order valence-electron chi connectivity index (χ1n) is 10.9. The van der Waals surface area contributed by atoms with Gasteiger partial charge in [-0.3, -0.25) is 14.6 Å². The summed E-state index contributed by atoms with van der Waals surface area (Å²) in [5.74, 6) is -0.185. The molecule has 1 aliphatic heterocycles. The van der Waals surface area contributed by atoms with Crippen LogP contribution in [0.2, 0.25) is 0 Å². The minimum atomic E-state index is -3.71. The number of carbonyl (C=O) groups is 1. The molecule has 9 heteroatoms. The lowest BCUT2D eigenvalue weighted by atomic mass is 9.88. The Morgan fingerprint density at radius 2 is 1.88 bits per heavy atom. The normalized spacial score (nSPS) is 16.9. The third kappa shape index (κ3) is 3.96. The van der Waals surface area contributed by atoms with Gasteiger partial charge in [0.05, 0.1) is 17.7 Å². The monoisotopic (exact) mass is 468 g/mol. The summed E-state index contributed by atoms with van der Waals surface area (Å²) in [6, 6.07) is 11.3. The van der Waals surface area contributed by atoms with Crippen molar-refractivity contribution in [1.29, 1.82) is 0 Å². The molecule has 2 aliphatic rings. The number of ketones is 1. The first-order chi connectivity index (χ1) is 16.2. The Bertz CT molecular complexity index is 1350. The number of pyridine rings is 2. The largest absolute Gasteiger partial charge is 0.586 e. The first-order valence-corrected chi connectivity index (χ1v) is 10.9. The minimum absolute atomic E-state index is 0.0530. The van der Waals surface area contributed by atoms with Crippen molar-refractivity contribution >= 4 is 5.78 Å². The number of aryl methyl sites for hydroxylation is 1. The molecule has 1 aromatic carbocycles. The van der Waals surface area contributed by atoms with Gasteiger partial charge >= 0.3 is 6.29 Å². The Balaban J connectivity index is 1.39. The van der Waals surface area contributed by atoms with E-state index in [-0.39, 0.29) is 42.4 Å². The maximum atomic E-state index is 13.4. The molecule has 7 nitrogen and oxygen atoms in total. The fourth-order valence-corrected chi connectivity index (χ4v) is 4.34. The van der Waals surface area contributed by atoms with Crippen LogP contribution in [-0.4, -0.2) is 33.3 Å². The number of hydrogen-bond donors (Lipinski definition) is 1. The number of aromatic nitrogens is 2. The van der Waals surface area contributed by atoms with E-state index in [1.807, 2.05) is 13.0 Å². The van der Waals surface area contributed by atoms with Crippen LogP contribution in [0.25, 0.3) is 11.3 Å². The Labute approximate surface area is 193 Å². The van der Waals surface area contributed by atoms with Crippen molar-refractivity contribution in [1.82, 2.24) is 9.55 Å². The summed E-state index contributed by atoms with van der Waals surface area (Å²) in [5, 5.41) is 9.07. The van der Waals surface area contributed by atoms with Gasteiger partial charge in [0.1, 0.15) is 5.78 Å². The van der Waals surface area contributed by atoms with Gasteiger partial charge in [0, 0.05) is 36.5 Å². The number of alkyl halides is 2. The Kier molecular flexibility index (Phi) is 5.24. The number of ether oxygens (including phenoxy) is 2. The summed E-state index contributed by atoms with van der Waals surface area (Å²) in [6.45, 7) is 1.94. The second-order valence-electron chi connectivity index (χ2n) is 8.65. The summed E-state index contributed by atoms with van der Waals surface area (Å²) in [4.78, 5) is 30.2. The van der Waals surface area contributed by atoms with E-state index in [0.29, 0.717) is 35.4 Å². The number of nitrogens with zero attached hydrogens (tertiary/aromatic N) is 2. The van der Waals surface area contributed by atoms with E-state index in [1.54, 1.807) is 24.4 Å². The average Bonchev–Trinajstić information content (AvgIpc) is 3.54. The van der Waals surface area contributed by atoms with Crippen LogP contribution in [-0.2, 0) is 23.2 Å². The Morgan fingerprint density at radius 1 is 1.12 bits per heavy atom. The zero-order valence-electron chi connectivity index (χ0n) is 18.4. The zero-order valence-corrected chi connectivity index (χ0v) is 18.4. The molecule has 2 aromatic heterocycles. The highest BCUT2D eigenvalue weighted by molar-refractivity contribution is 5.94. The van der Waals surface area contributed by atoms with Crippen molar-refractivity contribution in [3.05, 3.63) is 75.8 Å². The number of benzene rings is 1. The summed E-state index contributed by atoms with van der Waals surface area (Å²) in [6.07, 6.45) is -0.801. The lowest BCUT2D eigenvalue weighted by Crippen LogP contribution is -2.26. The Morgan fingerprint density at radius 3 is 2.59 bits per heavy atom. The maximum absolute atomic E-state index is 13.4. The summed E-state index contributed by atoms with van der Waals surface area (Å²) < 4.78 is 37.1. The summed E-state index contributed by atoms with van der Waals surface area (Å²) in [7, 11) is 0. The summed E-state index contributed by atoms with van der Waals surface area (Å²) in [5.41, 5.74) is 2.26. The van der Waals surface area contributed by atoms with Crippen LogP contribution in [0.15, 0.2) is 53.5 Å². The minimum Gasteiger partial charge on any atom is -0.395 e. The smallest absolute Gasteiger partial charge is 0.395 e. The van der Waals surface area contributed by atoms with Crippen molar-refractivity contribution in [2.45, 2.75) is 44.4 Å². The number of hydrogen-bond acceptors (Lipinski definition) is 6. The van der Waals surface area contributed by atoms with Gasteiger partial charge in [0.2, 0.25) is 0 Å². The van der Waals surface area contributed by atoms with E-state index in [2.05, 4.69) is 14.5 Å². The molecule has 5 rings (SSSR count). The van der Waals surface area contributed by atoms with E-state index in [9.17, 15) is 18.4 Å². The van der Waals surface area contributed by atoms with Crippen LogP contribution < -0.4 is 15.0 Å². The highest BCUT2D eigenvalue weighted by atomic mass is 19.3. The van der Waals surface area contributed by atoms with Gasteiger partial charge in [-0.05, 0) is 55.2 Å². The quantitative estimate of drug-likeness (QED) is 0.572. The molecule has 0 amide bonds. The number of Topliss-reactive ketones (excluding diaryl/α,β-unsaturated/α-hetero) is 1. The van der Waals surface area contributed by atoms with Gasteiger partial charge in [-0.2, -0.15) is 0 Å². The zero-order chi connectivity index (χ0) is 24.1. The molecule has 1 fully saturated rings. The fourth-order valence-electron chi connectivity index (χ4n) is 4.34. The topological polar surface area (TPSA) is 90.7 Å². The van der Waals surface area contributed by atoms with E-state index in [4.69, 9.17) is 5.11 Å². The Hall–Kier alpha value is -3.59. The standard InChI is InChI=1S/C25H22F2N2O5/c1-15-2-4-18(28-23(15)16-6-9-29(10-11-30)22(32)12-16)14-21(31)24(7-8-24)17-3-5-19-20(13-17)34-25(26,27)33-19/h2-6,9,12-13,30H,7-8,10-11,14H2,1H3. The molecule has 0 atom stereocenters. The van der Waals surface area contributed by atoms with E-state index in [0.717, 1.165) is 5.56 Å². The molecule has 3 heterocycles. The molecule has 1 aliphatic carbocycles. The van der Waals surface area contributed by atoms with Crippen LogP contribution in [0.4, 0.5) is 8.78 Å².